The van der Waals surface area contributed by atoms with Crippen molar-refractivity contribution in [2.45, 2.75) is 18.9 Å². The molecule has 2 aliphatic rings. The highest BCUT2D eigenvalue weighted by atomic mass is 16.3. The fourth-order valence-corrected chi connectivity index (χ4v) is 3.74. The summed E-state index contributed by atoms with van der Waals surface area (Å²) in [6.45, 7) is 1.82. The number of aryl methyl sites for hydroxylation is 1. The van der Waals surface area contributed by atoms with E-state index in [2.05, 4.69) is 26.0 Å². The van der Waals surface area contributed by atoms with Crippen LogP contribution < -0.4 is 10.6 Å². The smallest absolute Gasteiger partial charge is 0.132 e. The Morgan fingerprint density at radius 3 is 2.96 bits per heavy atom. The summed E-state index contributed by atoms with van der Waals surface area (Å²) in [6.07, 6.45) is 10.9. The third kappa shape index (κ3) is 3.61. The van der Waals surface area contributed by atoms with Crippen molar-refractivity contribution < 1.29 is 5.11 Å². The zero-order chi connectivity index (χ0) is 19.7. The van der Waals surface area contributed by atoms with Gasteiger partial charge in [-0.05, 0) is 30.1 Å². The van der Waals surface area contributed by atoms with Gasteiger partial charge >= 0.3 is 0 Å². The predicted molar refractivity (Wildman–Crippen MR) is 108 cm³/mol. The van der Waals surface area contributed by atoms with Gasteiger partial charge in [-0.2, -0.15) is 5.10 Å². The van der Waals surface area contributed by atoms with Crippen LogP contribution in [0.2, 0.25) is 0 Å². The highest BCUT2D eigenvalue weighted by Crippen LogP contribution is 2.27. The molecule has 1 saturated heterocycles. The minimum Gasteiger partial charge on any atom is -0.396 e. The number of nitrogens with one attached hydrogen (secondary N) is 1. The molecule has 0 aromatic carbocycles. The van der Waals surface area contributed by atoms with Crippen molar-refractivity contribution in [3.63, 3.8) is 0 Å². The van der Waals surface area contributed by atoms with E-state index < -0.39 is 0 Å². The zero-order valence-corrected chi connectivity index (χ0v) is 15.9. The van der Waals surface area contributed by atoms with Gasteiger partial charge in [0.15, 0.2) is 0 Å². The van der Waals surface area contributed by atoms with Gasteiger partial charge in [0.25, 0.3) is 0 Å². The lowest BCUT2D eigenvalue weighted by Crippen LogP contribution is -2.29. The molecule has 2 aromatic rings. The molecule has 2 aromatic heterocycles. The number of aliphatic hydroxyl groups excluding tert-OH is 1. The van der Waals surface area contributed by atoms with Gasteiger partial charge < -0.3 is 15.7 Å². The zero-order valence-electron chi connectivity index (χ0n) is 15.9. The minimum absolute atomic E-state index is 0.190. The maximum atomic E-state index is 9.37. The standard InChI is InChI=1S/C20H25N7O/c1-26-10-15(8-25-26)14-2-3-17(21)16(6-14)20(22)18-7-19(24-12-23-18)27-5-4-13(9-27)11-28/h2,6-8,10,12-13,17,22,28H,3-5,9,11,21H2,1H3. The van der Waals surface area contributed by atoms with Crippen LogP contribution in [0.25, 0.3) is 5.57 Å². The SMILES string of the molecule is Cn1cc(C2=CCC(N)C(C(=N)c3cc(N4CCC(CO)C4)ncn3)=C2)cn1. The maximum Gasteiger partial charge on any atom is 0.132 e. The van der Waals surface area contributed by atoms with Crippen LogP contribution >= 0.6 is 0 Å². The highest BCUT2D eigenvalue weighted by molar-refractivity contribution is 6.12. The maximum absolute atomic E-state index is 9.37. The van der Waals surface area contributed by atoms with Crippen molar-refractivity contribution in [1.29, 1.82) is 5.41 Å². The largest absolute Gasteiger partial charge is 0.396 e. The number of aromatic nitrogens is 4. The van der Waals surface area contributed by atoms with E-state index in [-0.39, 0.29) is 18.6 Å². The van der Waals surface area contributed by atoms with Gasteiger partial charge in [-0.25, -0.2) is 9.97 Å². The Labute approximate surface area is 163 Å². The first-order chi connectivity index (χ1) is 13.5. The van der Waals surface area contributed by atoms with Crippen LogP contribution in [0.3, 0.4) is 0 Å². The summed E-state index contributed by atoms with van der Waals surface area (Å²) in [7, 11) is 1.88. The number of anilines is 1. The molecule has 0 bridgehead atoms. The molecule has 8 heteroatoms. The normalized spacial score (nSPS) is 22.2. The van der Waals surface area contributed by atoms with Crippen molar-refractivity contribution in [3.05, 3.63) is 53.8 Å². The number of rotatable bonds is 5. The molecule has 4 rings (SSSR count). The summed E-state index contributed by atoms with van der Waals surface area (Å²) in [5.74, 6) is 1.07. The molecule has 2 atom stereocenters. The van der Waals surface area contributed by atoms with E-state index in [0.29, 0.717) is 17.8 Å². The number of hydrogen-bond acceptors (Lipinski definition) is 7. The van der Waals surface area contributed by atoms with Crippen LogP contribution in [0.15, 0.2) is 42.5 Å². The van der Waals surface area contributed by atoms with E-state index in [9.17, 15) is 5.11 Å². The van der Waals surface area contributed by atoms with Gasteiger partial charge in [0.2, 0.25) is 0 Å². The van der Waals surface area contributed by atoms with Gasteiger partial charge in [-0.1, -0.05) is 6.08 Å². The van der Waals surface area contributed by atoms with Crippen molar-refractivity contribution in [2.24, 2.45) is 18.7 Å². The molecule has 2 unspecified atom stereocenters. The van der Waals surface area contributed by atoms with Crippen LogP contribution in [0, 0.1) is 11.3 Å². The molecule has 1 aliphatic carbocycles. The second kappa shape index (κ2) is 7.65. The molecule has 4 N–H and O–H groups in total. The second-order valence-corrected chi connectivity index (χ2v) is 7.42. The molecule has 3 heterocycles. The summed E-state index contributed by atoms with van der Waals surface area (Å²) in [6, 6.07) is 1.61. The summed E-state index contributed by atoms with van der Waals surface area (Å²) in [4.78, 5) is 10.8. The van der Waals surface area contributed by atoms with Crippen LogP contribution in [0.1, 0.15) is 24.1 Å². The quantitative estimate of drug-likeness (QED) is 0.671. The van der Waals surface area contributed by atoms with Gasteiger partial charge in [-0.15, -0.1) is 0 Å². The topological polar surface area (TPSA) is 117 Å². The first kappa shape index (κ1) is 18.5. The van der Waals surface area contributed by atoms with Gasteiger partial charge in [0.1, 0.15) is 12.1 Å². The summed E-state index contributed by atoms with van der Waals surface area (Å²) in [5.41, 5.74) is 9.98. The molecule has 1 aliphatic heterocycles. The lowest BCUT2D eigenvalue weighted by Gasteiger charge is -2.22. The number of aliphatic hydroxyl groups is 1. The number of allylic oxidation sites excluding steroid dienone is 2. The summed E-state index contributed by atoms with van der Waals surface area (Å²) in [5, 5.41) is 22.3. The van der Waals surface area contributed by atoms with Gasteiger partial charge in [0, 0.05) is 56.5 Å². The molecule has 1 fully saturated rings. The first-order valence-electron chi connectivity index (χ1n) is 9.48. The van der Waals surface area contributed by atoms with Crippen molar-refractivity contribution in [1.82, 2.24) is 19.7 Å². The van der Waals surface area contributed by atoms with E-state index in [4.69, 9.17) is 11.1 Å². The predicted octanol–water partition coefficient (Wildman–Crippen LogP) is 1.14. The third-order valence-corrected chi connectivity index (χ3v) is 5.41. The monoisotopic (exact) mass is 379 g/mol. The number of nitrogens with two attached hydrogens (primary N) is 1. The molecule has 0 spiro atoms. The molecule has 28 heavy (non-hydrogen) atoms. The molecular weight excluding hydrogens is 354 g/mol. The Bertz CT molecular complexity index is 946. The Balaban J connectivity index is 1.59. The molecule has 0 radical (unpaired) electrons. The van der Waals surface area contributed by atoms with Crippen molar-refractivity contribution in [3.8, 4) is 0 Å². The summed E-state index contributed by atoms with van der Waals surface area (Å²) < 4.78 is 1.76. The van der Waals surface area contributed by atoms with Crippen LogP contribution in [0.4, 0.5) is 5.82 Å². The number of nitrogens with zero attached hydrogens (tertiary/aromatic N) is 5. The lowest BCUT2D eigenvalue weighted by atomic mass is 9.89. The average Bonchev–Trinajstić information content (AvgIpc) is 3.37. The van der Waals surface area contributed by atoms with Gasteiger partial charge in [-0.3, -0.25) is 10.1 Å². The second-order valence-electron chi connectivity index (χ2n) is 7.42. The fourth-order valence-electron chi connectivity index (χ4n) is 3.74. The molecule has 0 saturated carbocycles. The van der Waals surface area contributed by atoms with Crippen molar-refractivity contribution in [2.75, 3.05) is 24.6 Å². The third-order valence-electron chi connectivity index (χ3n) is 5.41. The Kier molecular flexibility index (Phi) is 5.06. The molecule has 0 amide bonds. The number of hydrogen-bond donors (Lipinski definition) is 3. The van der Waals surface area contributed by atoms with Crippen molar-refractivity contribution >= 4 is 17.1 Å². The Morgan fingerprint density at radius 1 is 1.39 bits per heavy atom. The fraction of sp³-hybridized carbons (Fsp3) is 0.400. The van der Waals surface area contributed by atoms with Gasteiger partial charge in [0.05, 0.1) is 17.6 Å². The van der Waals surface area contributed by atoms with E-state index in [1.807, 2.05) is 31.6 Å². The average molecular weight is 379 g/mol. The lowest BCUT2D eigenvalue weighted by molar-refractivity contribution is 0.238. The minimum atomic E-state index is -0.239. The van der Waals surface area contributed by atoms with E-state index in [1.54, 1.807) is 4.68 Å². The van der Waals surface area contributed by atoms with Crippen LogP contribution in [-0.2, 0) is 7.05 Å². The first-order valence-corrected chi connectivity index (χ1v) is 9.48. The van der Waals surface area contributed by atoms with Crippen LogP contribution in [0.5, 0.6) is 0 Å². The summed E-state index contributed by atoms with van der Waals surface area (Å²) >= 11 is 0. The molecule has 8 nitrogen and oxygen atoms in total. The Morgan fingerprint density at radius 2 is 2.25 bits per heavy atom. The van der Waals surface area contributed by atoms with E-state index in [0.717, 1.165) is 42.0 Å². The molecular formula is C20H25N7O. The van der Waals surface area contributed by atoms with E-state index in [1.165, 1.54) is 6.33 Å². The van der Waals surface area contributed by atoms with Crippen LogP contribution in [-0.4, -0.2) is 56.3 Å². The van der Waals surface area contributed by atoms with E-state index >= 15 is 0 Å². The molecule has 146 valence electrons. The Hall–Kier alpha value is -2.84. The highest BCUT2D eigenvalue weighted by Gasteiger charge is 2.25.